The van der Waals surface area contributed by atoms with Crippen molar-refractivity contribution < 1.29 is 0 Å². The van der Waals surface area contributed by atoms with E-state index in [1.807, 2.05) is 18.2 Å². The van der Waals surface area contributed by atoms with Gasteiger partial charge in [0.1, 0.15) is 11.6 Å². The van der Waals surface area contributed by atoms with Crippen molar-refractivity contribution >= 4 is 54.8 Å². The third kappa shape index (κ3) is 4.25. The predicted octanol–water partition coefficient (Wildman–Crippen LogP) is 10.7. The maximum Gasteiger partial charge on any atom is 0.140 e. The smallest absolute Gasteiger partial charge is 0.140 e. The highest BCUT2D eigenvalue weighted by molar-refractivity contribution is 6.10. The van der Waals surface area contributed by atoms with Gasteiger partial charge in [0.25, 0.3) is 0 Å². The molecule has 0 bridgehead atoms. The van der Waals surface area contributed by atoms with Crippen LogP contribution in [0, 0.1) is 17.2 Å². The van der Waals surface area contributed by atoms with Gasteiger partial charge in [0.15, 0.2) is 0 Å². The Bertz CT molecular complexity index is 2400. The van der Waals surface area contributed by atoms with Crippen LogP contribution in [0.2, 0.25) is 0 Å². The Hall–Kier alpha value is -6.18. The SMILES string of the molecule is CC1CC=CC(c2cc(-n3c4ccccc4c4ccccc43)nc(-n3c4ccccc4c4ccccc43)c2)=C1c1cccc(C#N)c1. The van der Waals surface area contributed by atoms with Crippen LogP contribution in [0.15, 0.2) is 146 Å². The lowest BCUT2D eigenvalue weighted by Crippen LogP contribution is -2.08. The van der Waals surface area contributed by atoms with Gasteiger partial charge < -0.3 is 0 Å². The van der Waals surface area contributed by atoms with E-state index in [9.17, 15) is 5.26 Å². The number of hydrogen-bond donors (Lipinski definition) is 0. The fraction of sp³-hybridized carbons (Fsp3) is 0.0698. The van der Waals surface area contributed by atoms with Crippen molar-refractivity contribution in [2.75, 3.05) is 0 Å². The Kier molecular flexibility index (Phi) is 6.19. The first kappa shape index (κ1) is 27.2. The monoisotopic (exact) mass is 602 g/mol. The number of para-hydroxylation sites is 4. The number of nitriles is 1. The minimum atomic E-state index is 0.283. The number of fused-ring (bicyclic) bond motifs is 6. The topological polar surface area (TPSA) is 46.5 Å². The molecule has 9 rings (SSSR count). The normalized spacial score (nSPS) is 14.9. The molecule has 8 aromatic rings. The van der Waals surface area contributed by atoms with Crippen molar-refractivity contribution in [3.05, 3.63) is 162 Å². The molecular weight excluding hydrogens is 573 g/mol. The molecular formula is C43H30N4. The summed E-state index contributed by atoms with van der Waals surface area (Å²) in [6.07, 6.45) is 5.48. The summed E-state index contributed by atoms with van der Waals surface area (Å²) in [6.45, 7) is 2.28. The van der Waals surface area contributed by atoms with Gasteiger partial charge in [-0.05, 0) is 83.1 Å². The summed E-state index contributed by atoms with van der Waals surface area (Å²) < 4.78 is 4.61. The van der Waals surface area contributed by atoms with Gasteiger partial charge in [-0.3, -0.25) is 9.13 Å². The van der Waals surface area contributed by atoms with Crippen LogP contribution in [0.3, 0.4) is 0 Å². The maximum atomic E-state index is 9.75. The van der Waals surface area contributed by atoms with Crippen LogP contribution in [0.1, 0.15) is 30.0 Å². The van der Waals surface area contributed by atoms with E-state index in [1.165, 1.54) is 27.1 Å². The maximum absolute atomic E-state index is 9.75. The molecule has 0 aliphatic heterocycles. The molecule has 1 aliphatic rings. The Morgan fingerprint density at radius 2 is 1.09 bits per heavy atom. The molecule has 3 aromatic heterocycles. The second kappa shape index (κ2) is 10.7. The summed E-state index contributed by atoms with van der Waals surface area (Å²) >= 11 is 0. The van der Waals surface area contributed by atoms with E-state index in [1.54, 1.807) is 0 Å². The molecule has 0 amide bonds. The first-order valence-corrected chi connectivity index (χ1v) is 16.1. The van der Waals surface area contributed by atoms with Crippen LogP contribution in [-0.4, -0.2) is 14.1 Å². The van der Waals surface area contributed by atoms with E-state index in [-0.39, 0.29) is 5.92 Å². The zero-order chi connectivity index (χ0) is 31.5. The summed E-state index contributed by atoms with van der Waals surface area (Å²) in [5.74, 6) is 2.01. The molecule has 222 valence electrons. The highest BCUT2D eigenvalue weighted by atomic mass is 15.1. The van der Waals surface area contributed by atoms with Gasteiger partial charge in [-0.15, -0.1) is 0 Å². The first-order valence-electron chi connectivity index (χ1n) is 16.1. The van der Waals surface area contributed by atoms with E-state index < -0.39 is 0 Å². The van der Waals surface area contributed by atoms with Crippen LogP contribution in [0.25, 0.3) is 66.4 Å². The van der Waals surface area contributed by atoms with E-state index in [4.69, 9.17) is 4.98 Å². The van der Waals surface area contributed by atoms with Crippen molar-refractivity contribution in [3.8, 4) is 17.7 Å². The molecule has 0 saturated heterocycles. The summed E-state index contributed by atoms with van der Waals surface area (Å²) in [5, 5.41) is 14.6. The number of benzene rings is 5. The molecule has 0 radical (unpaired) electrons. The summed E-state index contributed by atoms with van der Waals surface area (Å²) in [4.78, 5) is 5.49. The molecule has 5 aromatic carbocycles. The molecule has 3 heterocycles. The van der Waals surface area contributed by atoms with Crippen molar-refractivity contribution in [1.29, 1.82) is 5.26 Å². The van der Waals surface area contributed by atoms with E-state index in [2.05, 4.69) is 150 Å². The van der Waals surface area contributed by atoms with E-state index >= 15 is 0 Å². The molecule has 1 unspecified atom stereocenters. The lowest BCUT2D eigenvalue weighted by Gasteiger charge is -2.24. The molecule has 1 atom stereocenters. The Morgan fingerprint density at radius 1 is 0.596 bits per heavy atom. The molecule has 0 spiro atoms. The van der Waals surface area contributed by atoms with Crippen LogP contribution in [-0.2, 0) is 0 Å². The minimum Gasteiger partial charge on any atom is -0.294 e. The summed E-state index contributed by atoms with van der Waals surface area (Å²) in [7, 11) is 0. The Balaban J connectivity index is 1.41. The molecule has 4 nitrogen and oxygen atoms in total. The fourth-order valence-corrected chi connectivity index (χ4v) is 7.54. The minimum absolute atomic E-state index is 0.283. The fourth-order valence-electron chi connectivity index (χ4n) is 7.54. The van der Waals surface area contributed by atoms with Gasteiger partial charge in [-0.2, -0.15) is 5.26 Å². The van der Waals surface area contributed by atoms with Crippen molar-refractivity contribution in [3.63, 3.8) is 0 Å². The quantitative estimate of drug-likeness (QED) is 0.201. The number of hydrogen-bond acceptors (Lipinski definition) is 2. The Labute approximate surface area is 272 Å². The van der Waals surface area contributed by atoms with Crippen molar-refractivity contribution in [2.24, 2.45) is 5.92 Å². The number of nitrogens with zero attached hydrogens (tertiary/aromatic N) is 4. The van der Waals surface area contributed by atoms with E-state index in [0.717, 1.165) is 56.8 Å². The lowest BCUT2D eigenvalue weighted by atomic mass is 9.81. The largest absolute Gasteiger partial charge is 0.294 e. The average Bonchev–Trinajstić information content (AvgIpc) is 3.64. The van der Waals surface area contributed by atoms with Crippen LogP contribution in [0.4, 0.5) is 0 Å². The predicted molar refractivity (Wildman–Crippen MR) is 194 cm³/mol. The van der Waals surface area contributed by atoms with Crippen LogP contribution >= 0.6 is 0 Å². The van der Waals surface area contributed by atoms with Gasteiger partial charge in [0.2, 0.25) is 0 Å². The van der Waals surface area contributed by atoms with Crippen LogP contribution < -0.4 is 0 Å². The third-order valence-corrected chi connectivity index (χ3v) is 9.59. The first-order chi connectivity index (χ1) is 23.2. The number of allylic oxidation sites excluding steroid dienone is 4. The molecule has 0 fully saturated rings. The molecule has 0 saturated carbocycles. The number of pyridine rings is 1. The van der Waals surface area contributed by atoms with Crippen molar-refractivity contribution in [2.45, 2.75) is 13.3 Å². The highest BCUT2D eigenvalue weighted by Crippen LogP contribution is 2.41. The average molecular weight is 603 g/mol. The Morgan fingerprint density at radius 3 is 1.57 bits per heavy atom. The summed E-state index contributed by atoms with van der Waals surface area (Å²) in [5.41, 5.74) is 9.73. The molecule has 1 aliphatic carbocycles. The van der Waals surface area contributed by atoms with E-state index in [0.29, 0.717) is 5.56 Å². The van der Waals surface area contributed by atoms with Gasteiger partial charge in [0, 0.05) is 21.5 Å². The van der Waals surface area contributed by atoms with Crippen molar-refractivity contribution in [1.82, 2.24) is 14.1 Å². The number of rotatable bonds is 4. The zero-order valence-corrected chi connectivity index (χ0v) is 25.9. The highest BCUT2D eigenvalue weighted by Gasteiger charge is 2.23. The summed E-state index contributed by atoms with van der Waals surface area (Å²) in [6, 6.07) is 49.2. The van der Waals surface area contributed by atoms with Gasteiger partial charge >= 0.3 is 0 Å². The molecule has 0 N–H and O–H groups in total. The van der Waals surface area contributed by atoms with Gasteiger partial charge in [-0.1, -0.05) is 104 Å². The molecule has 47 heavy (non-hydrogen) atoms. The van der Waals surface area contributed by atoms with Crippen LogP contribution in [0.5, 0.6) is 0 Å². The third-order valence-electron chi connectivity index (χ3n) is 9.59. The second-order valence-electron chi connectivity index (χ2n) is 12.4. The molecule has 4 heteroatoms. The zero-order valence-electron chi connectivity index (χ0n) is 25.9. The second-order valence-corrected chi connectivity index (χ2v) is 12.4. The van der Waals surface area contributed by atoms with Gasteiger partial charge in [-0.25, -0.2) is 4.98 Å². The van der Waals surface area contributed by atoms with Gasteiger partial charge in [0.05, 0.1) is 33.7 Å². The number of aromatic nitrogens is 3. The standard InChI is InChI=1S/C43H30N4/c1-28-12-10-19-32(43(28)30-14-11-13-29(24-30)27-44)31-25-41(46-37-20-6-2-15-33(37)34-16-3-7-21-38(34)46)45-42(26-31)47-39-22-8-4-17-35(39)36-18-5-9-23-40(36)47/h2-11,13-26,28H,12H2,1H3. The lowest BCUT2D eigenvalue weighted by molar-refractivity contribution is 0.761.